The molecule has 3 heterocycles. The van der Waals surface area contributed by atoms with E-state index in [1.807, 2.05) is 0 Å². The van der Waals surface area contributed by atoms with Gasteiger partial charge < -0.3 is 9.80 Å². The van der Waals surface area contributed by atoms with Gasteiger partial charge in [-0.05, 0) is 113 Å². The van der Waals surface area contributed by atoms with E-state index in [0.29, 0.717) is 0 Å². The van der Waals surface area contributed by atoms with Crippen molar-refractivity contribution in [3.8, 4) is 0 Å². The molecule has 0 spiro atoms. The molecule has 3 nitrogen and oxygen atoms in total. The van der Waals surface area contributed by atoms with Crippen LogP contribution in [-0.4, -0.2) is 13.1 Å². The van der Waals surface area contributed by atoms with E-state index in [1.54, 1.807) is 0 Å². The second-order valence-electron chi connectivity index (χ2n) is 15.0. The highest BCUT2D eigenvalue weighted by Gasteiger charge is 2.26. The highest BCUT2D eigenvalue weighted by Crippen LogP contribution is 2.45. The molecule has 0 radical (unpaired) electrons. The van der Waals surface area contributed by atoms with Gasteiger partial charge in [0.1, 0.15) is 6.54 Å². The van der Waals surface area contributed by atoms with Crippen molar-refractivity contribution in [2.75, 3.05) is 22.9 Å². The Balaban J connectivity index is 1.29. The first-order valence-electron chi connectivity index (χ1n) is 20.9. The lowest BCUT2D eigenvalue weighted by Crippen LogP contribution is -2.38. The number of anilines is 2. The Morgan fingerprint density at radius 1 is 0.536 bits per heavy atom. The summed E-state index contributed by atoms with van der Waals surface area (Å²) in [5.41, 5.74) is 16.3. The van der Waals surface area contributed by atoms with Crippen molar-refractivity contribution in [3.63, 3.8) is 0 Å². The predicted octanol–water partition coefficient (Wildman–Crippen LogP) is 13.2. The maximum atomic E-state index is 2.52. The normalized spacial score (nSPS) is 16.9. The lowest BCUT2D eigenvalue weighted by Gasteiger charge is -2.30. The summed E-state index contributed by atoms with van der Waals surface area (Å²) >= 11 is 0. The summed E-state index contributed by atoms with van der Waals surface area (Å²) in [5, 5.41) is 1.28. The number of allylic oxidation sites excluding steroid dienone is 9. The smallest absolute Gasteiger partial charge is 0.212 e. The molecule has 0 saturated carbocycles. The fraction of sp³-hybridized carbons (Fsp3) is 0.226. The van der Waals surface area contributed by atoms with E-state index < -0.39 is 0 Å². The number of pyridine rings is 1. The zero-order valence-electron chi connectivity index (χ0n) is 33.3. The van der Waals surface area contributed by atoms with E-state index in [-0.39, 0.29) is 0 Å². The third-order valence-electron chi connectivity index (χ3n) is 11.4. The Labute approximate surface area is 334 Å². The lowest BCUT2D eigenvalue weighted by atomic mass is 9.98. The van der Waals surface area contributed by atoms with E-state index in [1.165, 1.54) is 104 Å². The molecular weight excluding hydrogens is 679 g/mol. The molecular formula is C53H54N3+. The van der Waals surface area contributed by atoms with Crippen LogP contribution in [0.4, 0.5) is 11.4 Å². The van der Waals surface area contributed by atoms with Crippen LogP contribution in [0.1, 0.15) is 87.2 Å². The Morgan fingerprint density at radius 2 is 1.20 bits per heavy atom. The van der Waals surface area contributed by atoms with Crippen molar-refractivity contribution in [1.82, 2.24) is 0 Å². The lowest BCUT2D eigenvalue weighted by molar-refractivity contribution is -0.673. The standard InChI is InChI=1S/C53H54N3/c1-4-7-17-37-55-43(30-27-41-20-10-15-25-52(41)55)33-35-48-46-22-12-13-23-47(46)49(50(48)39-45-32-29-40-19-9-14-24-51(40)54(45)6-3)36-34-44-31-28-42-21-11-16-26-53(42)56(44)38-18-8-5-2/h9-16,19-36,39H,4-8,17-18,37-38H2,1-3H3/q+1. The number of benzene rings is 4. The molecule has 5 aromatic rings. The molecule has 0 N–H and O–H groups in total. The zero-order chi connectivity index (χ0) is 38.3. The molecule has 1 aromatic heterocycles. The Kier molecular flexibility index (Phi) is 11.4. The molecule has 56 heavy (non-hydrogen) atoms. The molecule has 8 rings (SSSR count). The number of para-hydroxylation sites is 3. The summed E-state index contributed by atoms with van der Waals surface area (Å²) in [7, 11) is 0. The Morgan fingerprint density at radius 3 is 1.96 bits per heavy atom. The largest absolute Gasteiger partial charge is 0.341 e. The van der Waals surface area contributed by atoms with E-state index >= 15 is 0 Å². The number of nitrogens with zero attached hydrogens (tertiary/aromatic N) is 3. The maximum Gasteiger partial charge on any atom is 0.212 e. The Hall–Kier alpha value is -5.93. The molecule has 0 amide bonds. The fourth-order valence-electron chi connectivity index (χ4n) is 8.53. The third-order valence-corrected chi connectivity index (χ3v) is 11.4. The molecule has 3 aliphatic rings. The van der Waals surface area contributed by atoms with Crippen LogP contribution < -0.4 is 14.4 Å². The number of rotatable bonds is 13. The molecule has 4 aromatic carbocycles. The van der Waals surface area contributed by atoms with Crippen molar-refractivity contribution >= 4 is 51.7 Å². The Bertz CT molecular complexity index is 2450. The number of unbranched alkanes of at least 4 members (excludes halogenated alkanes) is 4. The molecule has 0 unspecified atom stereocenters. The van der Waals surface area contributed by atoms with E-state index in [2.05, 4.69) is 199 Å². The van der Waals surface area contributed by atoms with Gasteiger partial charge in [0.05, 0.1) is 0 Å². The molecule has 1 aliphatic carbocycles. The first-order chi connectivity index (χ1) is 27.7. The summed E-state index contributed by atoms with van der Waals surface area (Å²) in [6.45, 7) is 9.70. The van der Waals surface area contributed by atoms with Gasteiger partial charge in [-0.3, -0.25) is 0 Å². The maximum absolute atomic E-state index is 2.52. The molecule has 0 fully saturated rings. The molecule has 0 atom stereocenters. The van der Waals surface area contributed by atoms with Gasteiger partial charge >= 0.3 is 0 Å². The summed E-state index contributed by atoms with van der Waals surface area (Å²) in [5.74, 6) is 0. The van der Waals surface area contributed by atoms with Crippen LogP contribution in [0.5, 0.6) is 0 Å². The van der Waals surface area contributed by atoms with Crippen molar-refractivity contribution in [2.24, 2.45) is 0 Å². The van der Waals surface area contributed by atoms with Crippen LogP contribution in [0.3, 0.4) is 0 Å². The summed E-state index contributed by atoms with van der Waals surface area (Å²) in [6.07, 6.45) is 28.2. The van der Waals surface area contributed by atoms with Crippen molar-refractivity contribution < 1.29 is 4.57 Å². The molecule has 2 aliphatic heterocycles. The molecule has 0 saturated heterocycles. The average Bonchev–Trinajstić information content (AvgIpc) is 3.54. The minimum atomic E-state index is 0.882. The SMILES string of the molecule is CCCCCN1/C(=C/C=C2C(/C=C3\C=Cc4ccccc4N3CC)=C(/C=C/c3ccc4ccccc4[n+]3CCCCC)c3ccccc3/2)C=Cc2ccccc21. The van der Waals surface area contributed by atoms with Gasteiger partial charge in [-0.2, -0.15) is 4.57 Å². The van der Waals surface area contributed by atoms with Crippen LogP contribution in [0.15, 0.2) is 163 Å². The second kappa shape index (κ2) is 17.3. The fourth-order valence-corrected chi connectivity index (χ4v) is 8.53. The summed E-state index contributed by atoms with van der Waals surface area (Å²) in [6, 6.07) is 39.9. The van der Waals surface area contributed by atoms with E-state index in [9.17, 15) is 0 Å². The monoisotopic (exact) mass is 732 g/mol. The van der Waals surface area contributed by atoms with Gasteiger partial charge in [0.15, 0.2) is 0 Å². The third kappa shape index (κ3) is 7.51. The first-order valence-corrected chi connectivity index (χ1v) is 20.9. The minimum absolute atomic E-state index is 0.882. The van der Waals surface area contributed by atoms with Crippen LogP contribution in [-0.2, 0) is 6.54 Å². The number of hydrogen-bond donors (Lipinski definition) is 0. The predicted molar refractivity (Wildman–Crippen MR) is 241 cm³/mol. The van der Waals surface area contributed by atoms with Crippen molar-refractivity contribution in [1.29, 1.82) is 0 Å². The number of hydrogen-bond acceptors (Lipinski definition) is 2. The zero-order valence-corrected chi connectivity index (χ0v) is 33.3. The highest BCUT2D eigenvalue weighted by atomic mass is 15.1. The number of aromatic nitrogens is 1. The average molecular weight is 733 g/mol. The first kappa shape index (κ1) is 37.0. The van der Waals surface area contributed by atoms with E-state index in [0.717, 1.165) is 32.5 Å². The van der Waals surface area contributed by atoms with Gasteiger partial charge in [0.2, 0.25) is 11.2 Å². The van der Waals surface area contributed by atoms with Gasteiger partial charge in [0.25, 0.3) is 0 Å². The highest BCUT2D eigenvalue weighted by molar-refractivity contribution is 6.06. The number of fused-ring (bicyclic) bond motifs is 4. The number of aryl methyl sites for hydroxylation is 1. The van der Waals surface area contributed by atoms with Crippen LogP contribution in [0, 0.1) is 0 Å². The van der Waals surface area contributed by atoms with E-state index in [4.69, 9.17) is 0 Å². The van der Waals surface area contributed by atoms with Crippen molar-refractivity contribution in [3.05, 3.63) is 191 Å². The number of likely N-dealkylation sites (N-methyl/N-ethyl adjacent to an activating group) is 1. The van der Waals surface area contributed by atoms with Crippen LogP contribution in [0.2, 0.25) is 0 Å². The molecule has 3 heteroatoms. The van der Waals surface area contributed by atoms with Crippen molar-refractivity contribution in [2.45, 2.75) is 65.8 Å². The van der Waals surface area contributed by atoms with Gasteiger partial charge in [-0.15, -0.1) is 0 Å². The van der Waals surface area contributed by atoms with Gasteiger partial charge in [0, 0.05) is 65.9 Å². The molecule has 0 bridgehead atoms. The van der Waals surface area contributed by atoms with Crippen LogP contribution >= 0.6 is 0 Å². The second-order valence-corrected chi connectivity index (χ2v) is 15.0. The molecule has 280 valence electrons. The minimum Gasteiger partial charge on any atom is -0.341 e. The van der Waals surface area contributed by atoms with Crippen LogP contribution in [0.25, 0.3) is 40.3 Å². The topological polar surface area (TPSA) is 10.4 Å². The van der Waals surface area contributed by atoms with Gasteiger partial charge in [-0.25, -0.2) is 0 Å². The quantitative estimate of drug-likeness (QED) is 0.0881. The van der Waals surface area contributed by atoms with Gasteiger partial charge in [-0.1, -0.05) is 124 Å². The summed E-state index contributed by atoms with van der Waals surface area (Å²) < 4.78 is 2.52. The summed E-state index contributed by atoms with van der Waals surface area (Å²) in [4.78, 5) is 4.96.